The summed E-state index contributed by atoms with van der Waals surface area (Å²) in [4.78, 5) is 30.7. The number of unbranched alkanes of at least 4 members (excludes halogenated alkanes) is 1. The summed E-state index contributed by atoms with van der Waals surface area (Å²) >= 11 is 0. The number of carbonyl (C=O) groups is 2. The van der Waals surface area contributed by atoms with Crippen LogP contribution in [0.3, 0.4) is 0 Å². The van der Waals surface area contributed by atoms with Crippen LogP contribution in [0.5, 0.6) is 5.75 Å². The van der Waals surface area contributed by atoms with E-state index in [0.717, 1.165) is 24.0 Å². The highest BCUT2D eigenvalue weighted by molar-refractivity contribution is 5.93. The van der Waals surface area contributed by atoms with Crippen molar-refractivity contribution in [1.29, 1.82) is 0 Å². The predicted octanol–water partition coefficient (Wildman–Crippen LogP) is 3.33. The van der Waals surface area contributed by atoms with E-state index in [4.69, 9.17) is 11.5 Å². The molecule has 2 aromatic rings. The zero-order valence-electron chi connectivity index (χ0n) is 21.3. The van der Waals surface area contributed by atoms with E-state index in [2.05, 4.69) is 0 Å². The molecule has 2 amide bonds. The molecule has 3 rings (SSSR count). The van der Waals surface area contributed by atoms with Crippen molar-refractivity contribution in [1.82, 2.24) is 9.80 Å². The smallest absolute Gasteiger partial charge is 0.243 e. The van der Waals surface area contributed by atoms with Gasteiger partial charge in [0, 0.05) is 12.6 Å². The number of hydrogen-bond donors (Lipinski definition) is 3. The molecule has 1 saturated heterocycles. The van der Waals surface area contributed by atoms with Crippen molar-refractivity contribution in [3.8, 4) is 5.75 Å². The van der Waals surface area contributed by atoms with Crippen molar-refractivity contribution < 1.29 is 19.1 Å². The fraction of sp³-hybridized carbons (Fsp3) is 0.500. The Balaban J connectivity index is 1.87. The van der Waals surface area contributed by atoms with Crippen molar-refractivity contribution in [3.05, 3.63) is 65.5 Å². The summed E-state index contributed by atoms with van der Waals surface area (Å²) in [5, 5.41) is 9.64. The lowest BCUT2D eigenvalue weighted by molar-refractivity contribution is -0.144. The maximum atomic E-state index is 13.9. The second-order valence-electron chi connectivity index (χ2n) is 10.0. The van der Waals surface area contributed by atoms with Crippen LogP contribution in [-0.2, 0) is 22.4 Å². The van der Waals surface area contributed by atoms with Crippen molar-refractivity contribution >= 4 is 11.8 Å². The third-order valence-electron chi connectivity index (χ3n) is 7.09. The van der Waals surface area contributed by atoms with E-state index in [1.54, 1.807) is 41.3 Å². The van der Waals surface area contributed by atoms with Gasteiger partial charge in [-0.2, -0.15) is 0 Å². The Bertz CT molecular complexity index is 1010. The highest BCUT2D eigenvalue weighted by atomic mass is 19.1. The molecule has 1 fully saturated rings. The summed E-state index contributed by atoms with van der Waals surface area (Å²) in [6, 6.07) is 12.5. The molecular formula is C28H39FN4O3. The van der Waals surface area contributed by atoms with Gasteiger partial charge in [-0.05, 0) is 74.4 Å². The molecule has 1 aliphatic heterocycles. The Morgan fingerprint density at radius 1 is 1.11 bits per heavy atom. The monoisotopic (exact) mass is 498 g/mol. The Hall–Kier alpha value is -2.97. The SMILES string of the molecule is CCCCC(CCCc1ccc(F)cc1)(C(N)=O)N1CN(C[C@H](C)N)[C@H](Cc2ccc(O)cc2)C1=O. The number of phenolic OH excluding ortho intramolecular Hbond substituents is 1. The summed E-state index contributed by atoms with van der Waals surface area (Å²) in [5.74, 6) is -0.737. The summed E-state index contributed by atoms with van der Waals surface area (Å²) in [5.41, 5.74) is 13.0. The molecule has 2 aromatic carbocycles. The number of carbonyl (C=O) groups excluding carboxylic acids is 2. The van der Waals surface area contributed by atoms with Gasteiger partial charge in [0.25, 0.3) is 0 Å². The van der Waals surface area contributed by atoms with E-state index in [1.165, 1.54) is 12.1 Å². The quantitative estimate of drug-likeness (QED) is 0.392. The third-order valence-corrected chi connectivity index (χ3v) is 7.09. The number of phenols is 1. The fourth-order valence-electron chi connectivity index (χ4n) is 5.14. The Morgan fingerprint density at radius 3 is 2.31 bits per heavy atom. The van der Waals surface area contributed by atoms with Crippen LogP contribution in [0.4, 0.5) is 4.39 Å². The van der Waals surface area contributed by atoms with Gasteiger partial charge < -0.3 is 21.5 Å². The minimum atomic E-state index is -1.10. The largest absolute Gasteiger partial charge is 0.508 e. The number of amides is 2. The van der Waals surface area contributed by atoms with E-state index in [-0.39, 0.29) is 30.2 Å². The van der Waals surface area contributed by atoms with Crippen LogP contribution in [0.25, 0.3) is 0 Å². The zero-order valence-corrected chi connectivity index (χ0v) is 21.3. The molecule has 7 nitrogen and oxygen atoms in total. The average molecular weight is 499 g/mol. The maximum absolute atomic E-state index is 13.9. The number of rotatable bonds is 13. The van der Waals surface area contributed by atoms with Gasteiger partial charge in [0.15, 0.2) is 0 Å². The number of nitrogens with two attached hydrogens (primary N) is 2. The van der Waals surface area contributed by atoms with Crippen LogP contribution in [0.15, 0.2) is 48.5 Å². The van der Waals surface area contributed by atoms with Crippen molar-refractivity contribution in [2.75, 3.05) is 13.2 Å². The van der Waals surface area contributed by atoms with E-state index in [9.17, 15) is 19.1 Å². The third kappa shape index (κ3) is 6.62. The number of aromatic hydroxyl groups is 1. The highest BCUT2D eigenvalue weighted by Crippen LogP contribution is 2.34. The summed E-state index contributed by atoms with van der Waals surface area (Å²) in [6.45, 7) is 4.73. The molecule has 1 unspecified atom stereocenters. The molecule has 1 aliphatic rings. The van der Waals surface area contributed by atoms with Crippen LogP contribution in [-0.4, -0.2) is 57.6 Å². The summed E-state index contributed by atoms with van der Waals surface area (Å²) in [7, 11) is 0. The Morgan fingerprint density at radius 2 is 1.72 bits per heavy atom. The average Bonchev–Trinajstić information content (AvgIpc) is 3.13. The number of primary amides is 1. The van der Waals surface area contributed by atoms with E-state index >= 15 is 0 Å². The van der Waals surface area contributed by atoms with Gasteiger partial charge in [-0.25, -0.2) is 4.39 Å². The molecule has 8 heteroatoms. The molecule has 1 heterocycles. The number of benzene rings is 2. The number of nitrogens with zero attached hydrogens (tertiary/aromatic N) is 2. The van der Waals surface area contributed by atoms with Crippen LogP contribution >= 0.6 is 0 Å². The van der Waals surface area contributed by atoms with Crippen LogP contribution in [0.2, 0.25) is 0 Å². The summed E-state index contributed by atoms with van der Waals surface area (Å²) in [6.07, 6.45) is 4.30. The normalized spacial score (nSPS) is 18.8. The van der Waals surface area contributed by atoms with E-state index < -0.39 is 17.5 Å². The van der Waals surface area contributed by atoms with Crippen LogP contribution in [0.1, 0.15) is 57.1 Å². The van der Waals surface area contributed by atoms with Crippen molar-refractivity contribution in [2.45, 2.75) is 76.4 Å². The maximum Gasteiger partial charge on any atom is 0.243 e. The molecule has 0 aromatic heterocycles. The minimum Gasteiger partial charge on any atom is -0.508 e. The number of aryl methyl sites for hydroxylation is 1. The lowest BCUT2D eigenvalue weighted by Gasteiger charge is -2.40. The zero-order chi connectivity index (χ0) is 26.3. The molecule has 3 atom stereocenters. The first-order valence-corrected chi connectivity index (χ1v) is 12.8. The van der Waals surface area contributed by atoms with Crippen LogP contribution < -0.4 is 11.5 Å². The first-order chi connectivity index (χ1) is 17.2. The molecule has 0 bridgehead atoms. The molecule has 0 saturated carbocycles. The molecule has 5 N–H and O–H groups in total. The van der Waals surface area contributed by atoms with E-state index in [0.29, 0.717) is 38.6 Å². The lowest BCUT2D eigenvalue weighted by atomic mass is 9.83. The van der Waals surface area contributed by atoms with Gasteiger partial charge in [-0.3, -0.25) is 14.5 Å². The number of halogens is 1. The molecule has 196 valence electrons. The van der Waals surface area contributed by atoms with Crippen molar-refractivity contribution in [3.63, 3.8) is 0 Å². The Labute approximate surface area is 213 Å². The van der Waals surface area contributed by atoms with Gasteiger partial charge in [0.1, 0.15) is 17.1 Å². The van der Waals surface area contributed by atoms with Gasteiger partial charge in [-0.1, -0.05) is 44.0 Å². The van der Waals surface area contributed by atoms with Gasteiger partial charge >= 0.3 is 0 Å². The van der Waals surface area contributed by atoms with E-state index in [1.807, 2.05) is 18.7 Å². The second kappa shape index (κ2) is 12.3. The van der Waals surface area contributed by atoms with Crippen molar-refractivity contribution in [2.24, 2.45) is 11.5 Å². The molecule has 0 aliphatic carbocycles. The molecule has 36 heavy (non-hydrogen) atoms. The standard InChI is InChI=1S/C28H39FN4O3/c1-3-4-15-28(27(31)36,16-5-6-21-7-11-23(29)12-8-21)33-19-32(18-20(2)30)25(26(33)35)17-22-9-13-24(34)14-10-22/h7-14,20,25,34H,3-6,15-19,30H2,1-2H3,(H2,31,36)/t20-,25+,28?/m0/s1. The summed E-state index contributed by atoms with van der Waals surface area (Å²) < 4.78 is 13.3. The van der Waals surface area contributed by atoms with Crippen LogP contribution in [0, 0.1) is 5.82 Å². The topological polar surface area (TPSA) is 113 Å². The lowest BCUT2D eigenvalue weighted by Crippen LogP contribution is -2.59. The van der Waals surface area contributed by atoms with Gasteiger partial charge in [-0.15, -0.1) is 0 Å². The second-order valence-corrected chi connectivity index (χ2v) is 10.0. The first kappa shape index (κ1) is 27.6. The highest BCUT2D eigenvalue weighted by Gasteiger charge is 2.51. The number of hydrogen-bond acceptors (Lipinski definition) is 5. The first-order valence-electron chi connectivity index (χ1n) is 12.8. The van der Waals surface area contributed by atoms with Gasteiger partial charge in [0.2, 0.25) is 11.8 Å². The molecule has 0 radical (unpaired) electrons. The minimum absolute atomic E-state index is 0.125. The Kier molecular flexibility index (Phi) is 9.45. The fourth-order valence-corrected chi connectivity index (χ4v) is 5.14. The molecule has 0 spiro atoms. The molecular weight excluding hydrogens is 459 g/mol. The predicted molar refractivity (Wildman–Crippen MR) is 138 cm³/mol. The van der Waals surface area contributed by atoms with Gasteiger partial charge in [0.05, 0.1) is 12.7 Å².